The number of carbonyl (C=O) groups is 1. The first-order valence-corrected chi connectivity index (χ1v) is 6.47. The Bertz CT molecular complexity index is 190. The van der Waals surface area contributed by atoms with E-state index in [1.807, 2.05) is 20.8 Å². The van der Waals surface area contributed by atoms with Gasteiger partial charge in [0.2, 0.25) is 5.91 Å². The summed E-state index contributed by atoms with van der Waals surface area (Å²) >= 11 is 0. The fourth-order valence-electron chi connectivity index (χ4n) is 1.50. The maximum atomic E-state index is 11.6. The molecule has 0 saturated carbocycles. The fourth-order valence-corrected chi connectivity index (χ4v) is 1.50. The van der Waals surface area contributed by atoms with Gasteiger partial charge in [-0.25, -0.2) is 0 Å². The van der Waals surface area contributed by atoms with Crippen molar-refractivity contribution in [1.82, 2.24) is 10.6 Å². The van der Waals surface area contributed by atoms with Crippen molar-refractivity contribution in [1.29, 1.82) is 0 Å². The Morgan fingerprint density at radius 3 is 2.19 bits per heavy atom. The van der Waals surface area contributed by atoms with Gasteiger partial charge in [-0.2, -0.15) is 0 Å². The highest BCUT2D eigenvalue weighted by atomic mass is 16.2. The predicted molar refractivity (Wildman–Crippen MR) is 69.4 cm³/mol. The van der Waals surface area contributed by atoms with Crippen LogP contribution in [0.2, 0.25) is 0 Å². The number of hydrogen-bond donors (Lipinski definition) is 2. The van der Waals surface area contributed by atoms with Crippen molar-refractivity contribution in [2.75, 3.05) is 6.54 Å². The monoisotopic (exact) mass is 228 g/mol. The van der Waals surface area contributed by atoms with Gasteiger partial charge in [0, 0.05) is 6.04 Å². The number of rotatable bonds is 8. The molecule has 0 bridgehead atoms. The van der Waals surface area contributed by atoms with Crippen LogP contribution in [0, 0.1) is 5.92 Å². The predicted octanol–water partition coefficient (Wildman–Crippen LogP) is 2.32. The maximum absolute atomic E-state index is 11.6. The molecule has 0 aromatic carbocycles. The van der Waals surface area contributed by atoms with Crippen molar-refractivity contribution >= 4 is 5.91 Å². The van der Waals surface area contributed by atoms with Crippen LogP contribution in [-0.4, -0.2) is 24.5 Å². The molecule has 16 heavy (non-hydrogen) atoms. The zero-order valence-electron chi connectivity index (χ0n) is 11.5. The largest absolute Gasteiger partial charge is 0.353 e. The van der Waals surface area contributed by atoms with Gasteiger partial charge in [0.1, 0.15) is 0 Å². The minimum atomic E-state index is -0.0820. The Hall–Kier alpha value is -0.570. The van der Waals surface area contributed by atoms with Crippen molar-refractivity contribution in [3.05, 3.63) is 0 Å². The molecule has 0 aromatic rings. The highest BCUT2D eigenvalue weighted by Gasteiger charge is 2.11. The van der Waals surface area contributed by atoms with Gasteiger partial charge in [-0.05, 0) is 39.7 Å². The molecule has 1 unspecified atom stereocenters. The van der Waals surface area contributed by atoms with Gasteiger partial charge < -0.3 is 10.6 Å². The fraction of sp³-hybridized carbons (Fsp3) is 0.923. The Labute approximate surface area is 100 Å². The van der Waals surface area contributed by atoms with Crippen LogP contribution in [0.3, 0.4) is 0 Å². The summed E-state index contributed by atoms with van der Waals surface area (Å²) < 4.78 is 0. The van der Waals surface area contributed by atoms with Crippen molar-refractivity contribution in [2.24, 2.45) is 5.92 Å². The quantitative estimate of drug-likeness (QED) is 0.626. The van der Waals surface area contributed by atoms with Crippen LogP contribution in [0.4, 0.5) is 0 Å². The molecule has 0 aromatic heterocycles. The molecule has 0 spiro atoms. The third-order valence-corrected chi connectivity index (χ3v) is 2.48. The zero-order chi connectivity index (χ0) is 12.6. The minimum Gasteiger partial charge on any atom is -0.353 e. The van der Waals surface area contributed by atoms with Gasteiger partial charge in [0.05, 0.1) is 6.04 Å². The SMILES string of the molecule is CC(C)CCCCNC(C)C(=O)NC(C)C. The summed E-state index contributed by atoms with van der Waals surface area (Å²) in [6, 6.07) is 0.138. The van der Waals surface area contributed by atoms with Crippen molar-refractivity contribution < 1.29 is 4.79 Å². The molecule has 3 heteroatoms. The molecule has 0 aliphatic carbocycles. The standard InChI is InChI=1S/C13H28N2O/c1-10(2)8-6-7-9-14-12(5)13(16)15-11(3)4/h10-12,14H,6-9H2,1-5H3,(H,15,16). The molecule has 96 valence electrons. The van der Waals surface area contributed by atoms with Gasteiger partial charge in [-0.1, -0.05) is 26.7 Å². The summed E-state index contributed by atoms with van der Waals surface area (Å²) in [6.07, 6.45) is 3.66. The lowest BCUT2D eigenvalue weighted by atomic mass is 10.1. The van der Waals surface area contributed by atoms with Crippen LogP contribution >= 0.6 is 0 Å². The van der Waals surface area contributed by atoms with Crippen LogP contribution in [0.5, 0.6) is 0 Å². The number of carbonyl (C=O) groups excluding carboxylic acids is 1. The van der Waals surface area contributed by atoms with Crippen molar-refractivity contribution in [2.45, 2.75) is 66.0 Å². The summed E-state index contributed by atoms with van der Waals surface area (Å²) in [5.41, 5.74) is 0. The van der Waals surface area contributed by atoms with Crippen LogP contribution in [0.15, 0.2) is 0 Å². The molecule has 0 radical (unpaired) electrons. The van der Waals surface area contributed by atoms with Gasteiger partial charge in [0.25, 0.3) is 0 Å². The van der Waals surface area contributed by atoms with E-state index in [-0.39, 0.29) is 18.0 Å². The van der Waals surface area contributed by atoms with Gasteiger partial charge in [-0.3, -0.25) is 4.79 Å². The molecule has 0 heterocycles. The number of nitrogens with one attached hydrogen (secondary N) is 2. The van der Waals surface area contributed by atoms with E-state index in [0.717, 1.165) is 18.9 Å². The van der Waals surface area contributed by atoms with E-state index in [4.69, 9.17) is 0 Å². The van der Waals surface area contributed by atoms with Gasteiger partial charge >= 0.3 is 0 Å². The molecule has 0 aliphatic heterocycles. The highest BCUT2D eigenvalue weighted by molar-refractivity contribution is 5.81. The minimum absolute atomic E-state index is 0.0820. The van der Waals surface area contributed by atoms with E-state index in [1.54, 1.807) is 0 Å². The molecule has 0 fully saturated rings. The normalized spacial score (nSPS) is 13.2. The highest BCUT2D eigenvalue weighted by Crippen LogP contribution is 2.05. The molecule has 1 amide bonds. The van der Waals surface area contributed by atoms with Crippen LogP contribution in [0.1, 0.15) is 53.9 Å². The second-order valence-electron chi connectivity index (χ2n) is 5.23. The lowest BCUT2D eigenvalue weighted by molar-refractivity contribution is -0.123. The van der Waals surface area contributed by atoms with Gasteiger partial charge in [0.15, 0.2) is 0 Å². The topological polar surface area (TPSA) is 41.1 Å². The molecule has 1 atom stereocenters. The lowest BCUT2D eigenvalue weighted by Crippen LogP contribution is -2.44. The Morgan fingerprint density at radius 1 is 1.06 bits per heavy atom. The summed E-state index contributed by atoms with van der Waals surface area (Å²) in [4.78, 5) is 11.6. The molecule has 0 saturated heterocycles. The molecular weight excluding hydrogens is 200 g/mol. The Morgan fingerprint density at radius 2 is 1.69 bits per heavy atom. The first kappa shape index (κ1) is 15.4. The summed E-state index contributed by atoms with van der Waals surface area (Å²) in [7, 11) is 0. The molecular formula is C13H28N2O. The first-order valence-electron chi connectivity index (χ1n) is 6.47. The van der Waals surface area contributed by atoms with E-state index < -0.39 is 0 Å². The number of amides is 1. The van der Waals surface area contributed by atoms with Crippen molar-refractivity contribution in [3.8, 4) is 0 Å². The van der Waals surface area contributed by atoms with Crippen LogP contribution in [0.25, 0.3) is 0 Å². The average Bonchev–Trinajstić information content (AvgIpc) is 2.15. The molecule has 0 rings (SSSR count). The lowest BCUT2D eigenvalue weighted by Gasteiger charge is -2.16. The van der Waals surface area contributed by atoms with Crippen LogP contribution in [-0.2, 0) is 4.79 Å². The number of unbranched alkanes of at least 4 members (excludes halogenated alkanes) is 1. The molecule has 3 nitrogen and oxygen atoms in total. The maximum Gasteiger partial charge on any atom is 0.237 e. The number of hydrogen-bond acceptors (Lipinski definition) is 2. The van der Waals surface area contributed by atoms with Gasteiger partial charge in [-0.15, -0.1) is 0 Å². The smallest absolute Gasteiger partial charge is 0.237 e. The second-order valence-corrected chi connectivity index (χ2v) is 5.23. The zero-order valence-corrected chi connectivity index (χ0v) is 11.5. The molecule has 0 aliphatic rings. The van der Waals surface area contributed by atoms with E-state index in [2.05, 4.69) is 24.5 Å². The Balaban J connectivity index is 3.49. The summed E-state index contributed by atoms with van der Waals surface area (Å²) in [6.45, 7) is 11.3. The summed E-state index contributed by atoms with van der Waals surface area (Å²) in [5, 5.41) is 6.15. The van der Waals surface area contributed by atoms with E-state index in [0.29, 0.717) is 0 Å². The van der Waals surface area contributed by atoms with E-state index >= 15 is 0 Å². The summed E-state index contributed by atoms with van der Waals surface area (Å²) in [5.74, 6) is 0.875. The van der Waals surface area contributed by atoms with Crippen LogP contribution < -0.4 is 10.6 Å². The van der Waals surface area contributed by atoms with E-state index in [1.165, 1.54) is 12.8 Å². The third kappa shape index (κ3) is 8.72. The van der Waals surface area contributed by atoms with Crippen molar-refractivity contribution in [3.63, 3.8) is 0 Å². The molecule has 2 N–H and O–H groups in total. The average molecular weight is 228 g/mol. The third-order valence-electron chi connectivity index (χ3n) is 2.48. The van der Waals surface area contributed by atoms with E-state index in [9.17, 15) is 4.79 Å². The Kier molecular flexibility index (Phi) is 8.26. The first-order chi connectivity index (χ1) is 7.43. The second kappa shape index (κ2) is 8.57.